The summed E-state index contributed by atoms with van der Waals surface area (Å²) in [5.41, 5.74) is 5.94. The molecular weight excluding hydrogens is 226 g/mol. The van der Waals surface area contributed by atoms with Crippen molar-refractivity contribution in [2.75, 3.05) is 27.2 Å². The Hall–Kier alpha value is -0.610. The Morgan fingerprint density at radius 1 is 1.17 bits per heavy atom. The molecule has 0 aromatic rings. The quantitative estimate of drug-likeness (QED) is 0.781. The zero-order valence-electron chi connectivity index (χ0n) is 12.2. The highest BCUT2D eigenvalue weighted by Crippen LogP contribution is 2.23. The highest BCUT2D eigenvalue weighted by molar-refractivity contribution is 5.76. The first kappa shape index (κ1) is 15.4. The van der Waals surface area contributed by atoms with Crippen LogP contribution in [0.2, 0.25) is 0 Å². The molecule has 106 valence electrons. The molecular formula is C14H29N3O. The van der Waals surface area contributed by atoms with Crippen LogP contribution in [-0.4, -0.2) is 55.0 Å². The molecule has 18 heavy (non-hydrogen) atoms. The SMILES string of the molecule is CCCN(C(=O)CCN(C)C)C1CCC(N)CC1. The molecule has 1 rings (SSSR count). The number of carbonyl (C=O) groups excluding carboxylic acids is 1. The molecule has 0 spiro atoms. The highest BCUT2D eigenvalue weighted by atomic mass is 16.2. The molecule has 0 aromatic heterocycles. The average Bonchev–Trinajstić information content (AvgIpc) is 2.34. The molecule has 0 radical (unpaired) electrons. The highest BCUT2D eigenvalue weighted by Gasteiger charge is 2.26. The molecule has 4 heteroatoms. The third-order valence-electron chi connectivity index (χ3n) is 3.74. The van der Waals surface area contributed by atoms with Gasteiger partial charge in [-0.2, -0.15) is 0 Å². The van der Waals surface area contributed by atoms with Gasteiger partial charge in [-0.25, -0.2) is 0 Å². The van der Waals surface area contributed by atoms with E-state index in [1.807, 2.05) is 14.1 Å². The van der Waals surface area contributed by atoms with E-state index < -0.39 is 0 Å². The van der Waals surface area contributed by atoms with Gasteiger partial charge in [0.05, 0.1) is 0 Å². The summed E-state index contributed by atoms with van der Waals surface area (Å²) in [6.45, 7) is 3.87. The van der Waals surface area contributed by atoms with Crippen LogP contribution in [-0.2, 0) is 4.79 Å². The van der Waals surface area contributed by atoms with E-state index in [1.54, 1.807) is 0 Å². The molecule has 0 aromatic carbocycles. The van der Waals surface area contributed by atoms with Crippen LogP contribution in [0.3, 0.4) is 0 Å². The molecule has 1 amide bonds. The van der Waals surface area contributed by atoms with E-state index in [0.29, 0.717) is 24.4 Å². The fourth-order valence-electron chi connectivity index (χ4n) is 2.63. The summed E-state index contributed by atoms with van der Waals surface area (Å²) in [5.74, 6) is 0.311. The summed E-state index contributed by atoms with van der Waals surface area (Å²) in [7, 11) is 4.02. The molecule has 0 heterocycles. The first-order valence-corrected chi connectivity index (χ1v) is 7.24. The normalized spacial score (nSPS) is 24.3. The van der Waals surface area contributed by atoms with Crippen LogP contribution in [0.25, 0.3) is 0 Å². The maximum Gasteiger partial charge on any atom is 0.224 e. The lowest BCUT2D eigenvalue weighted by atomic mass is 9.90. The zero-order valence-corrected chi connectivity index (χ0v) is 12.2. The van der Waals surface area contributed by atoms with Crippen molar-refractivity contribution in [2.45, 2.75) is 57.5 Å². The first-order valence-electron chi connectivity index (χ1n) is 7.24. The van der Waals surface area contributed by atoms with Crippen LogP contribution in [0.4, 0.5) is 0 Å². The molecule has 0 unspecified atom stereocenters. The number of hydrogen-bond acceptors (Lipinski definition) is 3. The van der Waals surface area contributed by atoms with E-state index in [4.69, 9.17) is 5.73 Å². The van der Waals surface area contributed by atoms with Gasteiger partial charge in [0.25, 0.3) is 0 Å². The molecule has 0 atom stereocenters. The van der Waals surface area contributed by atoms with Gasteiger partial charge in [0.2, 0.25) is 5.91 Å². The lowest BCUT2D eigenvalue weighted by Crippen LogP contribution is -2.45. The largest absolute Gasteiger partial charge is 0.340 e. The summed E-state index contributed by atoms with van der Waals surface area (Å²) < 4.78 is 0. The summed E-state index contributed by atoms with van der Waals surface area (Å²) in [5, 5.41) is 0. The van der Waals surface area contributed by atoms with Crippen molar-refractivity contribution in [3.8, 4) is 0 Å². The predicted octanol–water partition coefficient (Wildman–Crippen LogP) is 1.45. The molecule has 4 nitrogen and oxygen atoms in total. The summed E-state index contributed by atoms with van der Waals surface area (Å²) in [6, 6.07) is 0.779. The minimum Gasteiger partial charge on any atom is -0.340 e. The summed E-state index contributed by atoms with van der Waals surface area (Å²) in [4.78, 5) is 16.5. The van der Waals surface area contributed by atoms with E-state index >= 15 is 0 Å². The van der Waals surface area contributed by atoms with Gasteiger partial charge in [-0.1, -0.05) is 6.92 Å². The predicted molar refractivity (Wildman–Crippen MR) is 75.4 cm³/mol. The van der Waals surface area contributed by atoms with Crippen molar-refractivity contribution >= 4 is 5.91 Å². The molecule has 1 saturated carbocycles. The Bertz CT molecular complexity index is 247. The van der Waals surface area contributed by atoms with Crippen molar-refractivity contribution in [3.63, 3.8) is 0 Å². The van der Waals surface area contributed by atoms with Gasteiger partial charge in [-0.3, -0.25) is 4.79 Å². The number of nitrogens with two attached hydrogens (primary N) is 1. The maximum atomic E-state index is 12.3. The lowest BCUT2D eigenvalue weighted by Gasteiger charge is -2.36. The monoisotopic (exact) mass is 255 g/mol. The Kier molecular flexibility index (Phi) is 6.65. The molecule has 1 fully saturated rings. The van der Waals surface area contributed by atoms with Gasteiger partial charge in [0, 0.05) is 31.6 Å². The lowest BCUT2D eigenvalue weighted by molar-refractivity contribution is -0.134. The fourth-order valence-corrected chi connectivity index (χ4v) is 2.63. The summed E-state index contributed by atoms with van der Waals surface area (Å²) in [6.07, 6.45) is 5.95. The molecule has 0 aliphatic heterocycles. The van der Waals surface area contributed by atoms with Gasteiger partial charge in [0.15, 0.2) is 0 Å². The topological polar surface area (TPSA) is 49.6 Å². The van der Waals surface area contributed by atoms with Crippen molar-refractivity contribution in [1.82, 2.24) is 9.80 Å². The first-order chi connectivity index (χ1) is 8.54. The zero-order chi connectivity index (χ0) is 13.5. The Morgan fingerprint density at radius 3 is 2.28 bits per heavy atom. The number of amides is 1. The van der Waals surface area contributed by atoms with Crippen LogP contribution in [0.5, 0.6) is 0 Å². The van der Waals surface area contributed by atoms with E-state index in [1.165, 1.54) is 0 Å². The van der Waals surface area contributed by atoms with Gasteiger partial charge >= 0.3 is 0 Å². The van der Waals surface area contributed by atoms with Crippen molar-refractivity contribution in [3.05, 3.63) is 0 Å². The second-order valence-electron chi connectivity index (χ2n) is 5.71. The second-order valence-corrected chi connectivity index (χ2v) is 5.71. The van der Waals surface area contributed by atoms with Gasteiger partial charge in [-0.15, -0.1) is 0 Å². The Balaban J connectivity index is 2.49. The molecule has 1 aliphatic carbocycles. The number of carbonyl (C=O) groups is 1. The van der Waals surface area contributed by atoms with Gasteiger partial charge in [-0.05, 0) is 46.2 Å². The minimum absolute atomic E-state index is 0.311. The third-order valence-corrected chi connectivity index (χ3v) is 3.74. The second kappa shape index (κ2) is 7.74. The van der Waals surface area contributed by atoms with Crippen LogP contribution in [0.15, 0.2) is 0 Å². The van der Waals surface area contributed by atoms with Crippen molar-refractivity contribution in [2.24, 2.45) is 5.73 Å². The average molecular weight is 255 g/mol. The number of nitrogens with zero attached hydrogens (tertiary/aromatic N) is 2. The van der Waals surface area contributed by atoms with Gasteiger partial charge < -0.3 is 15.5 Å². The summed E-state index contributed by atoms with van der Waals surface area (Å²) >= 11 is 0. The van der Waals surface area contributed by atoms with Crippen LogP contribution in [0.1, 0.15) is 45.4 Å². The van der Waals surface area contributed by atoms with E-state index in [-0.39, 0.29) is 0 Å². The van der Waals surface area contributed by atoms with E-state index in [2.05, 4.69) is 16.7 Å². The van der Waals surface area contributed by atoms with E-state index in [0.717, 1.165) is 45.2 Å². The number of hydrogen-bond donors (Lipinski definition) is 1. The minimum atomic E-state index is 0.311. The molecule has 2 N–H and O–H groups in total. The maximum absolute atomic E-state index is 12.3. The Morgan fingerprint density at radius 2 is 1.78 bits per heavy atom. The van der Waals surface area contributed by atoms with E-state index in [9.17, 15) is 4.79 Å². The fraction of sp³-hybridized carbons (Fsp3) is 0.929. The van der Waals surface area contributed by atoms with Crippen molar-refractivity contribution < 1.29 is 4.79 Å². The molecule has 0 bridgehead atoms. The van der Waals surface area contributed by atoms with Crippen LogP contribution >= 0.6 is 0 Å². The van der Waals surface area contributed by atoms with Crippen LogP contribution < -0.4 is 5.73 Å². The molecule has 0 saturated heterocycles. The Labute approximate surface area is 111 Å². The standard InChI is InChI=1S/C14H29N3O/c1-4-10-17(14(18)9-11-16(2)3)13-7-5-12(15)6-8-13/h12-13H,4-11,15H2,1-3H3. The van der Waals surface area contributed by atoms with Crippen molar-refractivity contribution in [1.29, 1.82) is 0 Å². The van der Waals surface area contributed by atoms with Gasteiger partial charge in [0.1, 0.15) is 0 Å². The number of rotatable bonds is 6. The smallest absolute Gasteiger partial charge is 0.224 e. The van der Waals surface area contributed by atoms with Crippen LogP contribution in [0, 0.1) is 0 Å². The third kappa shape index (κ3) is 4.94. The molecule has 1 aliphatic rings.